The summed E-state index contributed by atoms with van der Waals surface area (Å²) in [6.07, 6.45) is 0.523. The van der Waals surface area contributed by atoms with E-state index in [1.54, 1.807) is 6.07 Å². The fraction of sp³-hybridized carbons (Fsp3) is 0.167. The second-order valence-electron chi connectivity index (χ2n) is 3.47. The second kappa shape index (κ2) is 4.71. The van der Waals surface area contributed by atoms with E-state index >= 15 is 0 Å². The van der Waals surface area contributed by atoms with Crippen LogP contribution in [0.4, 0.5) is 0 Å². The van der Waals surface area contributed by atoms with Crippen molar-refractivity contribution < 1.29 is 14.4 Å². The third kappa shape index (κ3) is 2.10. The van der Waals surface area contributed by atoms with Gasteiger partial charge in [-0.1, -0.05) is 40.1 Å². The van der Waals surface area contributed by atoms with E-state index < -0.39 is 5.97 Å². The third-order valence-electron chi connectivity index (χ3n) is 2.43. The molecule has 0 saturated heterocycles. The Hall–Kier alpha value is -1.62. The number of aromatic nitrogens is 1. The van der Waals surface area contributed by atoms with E-state index in [1.807, 2.05) is 25.1 Å². The number of carbonyl (C=O) groups is 1. The minimum absolute atomic E-state index is 0.138. The van der Waals surface area contributed by atoms with Crippen molar-refractivity contribution in [3.05, 3.63) is 40.0 Å². The van der Waals surface area contributed by atoms with Crippen molar-refractivity contribution in [2.24, 2.45) is 0 Å². The predicted molar refractivity (Wildman–Crippen MR) is 66.0 cm³/mol. The average Bonchev–Trinajstić information content (AvgIpc) is 2.73. The largest absolute Gasteiger partial charge is 0.477 e. The fourth-order valence-electron chi connectivity index (χ4n) is 1.61. The number of halogens is 1. The zero-order valence-corrected chi connectivity index (χ0v) is 10.7. The normalized spacial score (nSPS) is 10.5. The predicted octanol–water partition coefficient (Wildman–Crippen LogP) is 3.36. The van der Waals surface area contributed by atoms with Crippen LogP contribution in [0.5, 0.6) is 0 Å². The molecule has 0 radical (unpaired) electrons. The van der Waals surface area contributed by atoms with Crippen molar-refractivity contribution in [3.63, 3.8) is 0 Å². The summed E-state index contributed by atoms with van der Waals surface area (Å²) in [5, 5.41) is 13.0. The summed E-state index contributed by atoms with van der Waals surface area (Å²) in [5.74, 6) is -0.726. The van der Waals surface area contributed by atoms with Crippen molar-refractivity contribution in [1.82, 2.24) is 5.16 Å². The van der Waals surface area contributed by atoms with Gasteiger partial charge in [-0.25, -0.2) is 4.79 Å². The van der Waals surface area contributed by atoms with Gasteiger partial charge in [-0.15, -0.1) is 0 Å². The molecule has 2 rings (SSSR count). The van der Waals surface area contributed by atoms with Crippen molar-refractivity contribution in [2.45, 2.75) is 13.3 Å². The summed E-state index contributed by atoms with van der Waals surface area (Å²) in [6.45, 7) is 1.84. The van der Waals surface area contributed by atoms with Crippen LogP contribution in [0.25, 0.3) is 11.3 Å². The highest BCUT2D eigenvalue weighted by molar-refractivity contribution is 9.10. The first kappa shape index (κ1) is 11.9. The maximum Gasteiger partial charge on any atom is 0.341 e. The summed E-state index contributed by atoms with van der Waals surface area (Å²) >= 11 is 3.37. The van der Waals surface area contributed by atoms with Gasteiger partial charge in [0, 0.05) is 10.0 Å². The van der Waals surface area contributed by atoms with Gasteiger partial charge in [-0.05, 0) is 18.6 Å². The highest BCUT2D eigenvalue weighted by Crippen LogP contribution is 2.32. The molecule has 1 aromatic heterocycles. The number of hydrogen-bond donors (Lipinski definition) is 1. The number of carboxylic acid groups (broad SMARTS) is 1. The molecular weight excluding hydrogens is 286 g/mol. The molecule has 0 atom stereocenters. The Labute approximate surface area is 106 Å². The Kier molecular flexibility index (Phi) is 3.28. The minimum Gasteiger partial charge on any atom is -0.477 e. The van der Waals surface area contributed by atoms with Crippen LogP contribution in [0.3, 0.4) is 0 Å². The van der Waals surface area contributed by atoms with Crippen LogP contribution in [-0.2, 0) is 6.42 Å². The lowest BCUT2D eigenvalue weighted by atomic mass is 10.1. The quantitative estimate of drug-likeness (QED) is 0.943. The summed E-state index contributed by atoms with van der Waals surface area (Å²) in [5.41, 5.74) is 1.29. The fourth-order valence-corrected chi connectivity index (χ4v) is 2.08. The molecule has 0 spiro atoms. The number of benzene rings is 1. The smallest absolute Gasteiger partial charge is 0.341 e. The first-order valence-corrected chi connectivity index (χ1v) is 5.91. The van der Waals surface area contributed by atoms with Crippen molar-refractivity contribution in [3.8, 4) is 11.3 Å². The summed E-state index contributed by atoms with van der Waals surface area (Å²) < 4.78 is 5.93. The Bertz CT molecular complexity index is 563. The molecule has 1 N–H and O–H groups in total. The van der Waals surface area contributed by atoms with Crippen LogP contribution in [0.15, 0.2) is 33.3 Å². The average molecular weight is 296 g/mol. The summed E-state index contributed by atoms with van der Waals surface area (Å²) in [4.78, 5) is 11.2. The minimum atomic E-state index is -1.02. The lowest BCUT2D eigenvalue weighted by Gasteiger charge is -2.01. The third-order valence-corrected chi connectivity index (χ3v) is 3.12. The lowest BCUT2D eigenvalue weighted by Crippen LogP contribution is -2.01. The molecule has 0 aliphatic carbocycles. The van der Waals surface area contributed by atoms with Gasteiger partial charge < -0.3 is 9.63 Å². The molecule has 5 heteroatoms. The molecule has 0 fully saturated rings. The van der Waals surface area contributed by atoms with Gasteiger partial charge in [0.15, 0.2) is 5.76 Å². The van der Waals surface area contributed by atoms with Crippen LogP contribution in [0.2, 0.25) is 0 Å². The van der Waals surface area contributed by atoms with Crippen LogP contribution >= 0.6 is 15.9 Å². The highest BCUT2D eigenvalue weighted by atomic mass is 79.9. The number of aromatic carboxylic acids is 1. The van der Waals surface area contributed by atoms with Crippen molar-refractivity contribution in [1.29, 1.82) is 0 Å². The summed E-state index contributed by atoms with van der Waals surface area (Å²) in [6, 6.07) is 7.29. The zero-order chi connectivity index (χ0) is 12.4. The molecule has 0 bridgehead atoms. The number of aryl methyl sites for hydroxylation is 1. The van der Waals surface area contributed by atoms with E-state index in [9.17, 15) is 9.90 Å². The van der Waals surface area contributed by atoms with E-state index in [0.29, 0.717) is 23.4 Å². The molecule has 0 aliphatic heterocycles. The molecule has 2 aromatic rings. The topological polar surface area (TPSA) is 63.3 Å². The number of nitrogens with zero attached hydrogens (tertiary/aromatic N) is 1. The number of hydrogen-bond acceptors (Lipinski definition) is 3. The van der Waals surface area contributed by atoms with Gasteiger partial charge in [0.2, 0.25) is 0 Å². The molecule has 4 nitrogen and oxygen atoms in total. The van der Waals surface area contributed by atoms with Crippen LogP contribution in [0.1, 0.15) is 23.0 Å². The van der Waals surface area contributed by atoms with E-state index in [-0.39, 0.29) is 5.56 Å². The van der Waals surface area contributed by atoms with Crippen molar-refractivity contribution in [2.75, 3.05) is 0 Å². The molecule has 88 valence electrons. The molecule has 0 saturated carbocycles. The maximum absolute atomic E-state index is 11.2. The number of carboxylic acids is 1. The Morgan fingerprint density at radius 1 is 1.47 bits per heavy atom. The second-order valence-corrected chi connectivity index (χ2v) is 4.33. The van der Waals surface area contributed by atoms with Gasteiger partial charge >= 0.3 is 5.97 Å². The van der Waals surface area contributed by atoms with E-state index in [0.717, 1.165) is 4.47 Å². The molecule has 1 heterocycles. The van der Waals surface area contributed by atoms with Gasteiger partial charge in [0.1, 0.15) is 5.56 Å². The zero-order valence-electron chi connectivity index (χ0n) is 9.11. The van der Waals surface area contributed by atoms with Crippen LogP contribution in [0, 0.1) is 0 Å². The van der Waals surface area contributed by atoms with Gasteiger partial charge in [0.25, 0.3) is 0 Å². The summed E-state index contributed by atoms with van der Waals surface area (Å²) in [7, 11) is 0. The van der Waals surface area contributed by atoms with Crippen molar-refractivity contribution >= 4 is 21.9 Å². The maximum atomic E-state index is 11.2. The van der Waals surface area contributed by atoms with Gasteiger partial charge in [-0.3, -0.25) is 0 Å². The van der Waals surface area contributed by atoms with Gasteiger partial charge in [-0.2, -0.15) is 0 Å². The first-order chi connectivity index (χ1) is 8.15. The molecule has 0 unspecified atom stereocenters. The Morgan fingerprint density at radius 2 is 2.18 bits per heavy atom. The van der Waals surface area contributed by atoms with E-state index in [4.69, 9.17) is 4.52 Å². The number of rotatable bonds is 3. The highest BCUT2D eigenvalue weighted by Gasteiger charge is 2.23. The van der Waals surface area contributed by atoms with E-state index in [2.05, 4.69) is 21.1 Å². The first-order valence-electron chi connectivity index (χ1n) is 5.12. The Morgan fingerprint density at radius 3 is 2.76 bits per heavy atom. The van der Waals surface area contributed by atoms with Crippen LogP contribution in [-0.4, -0.2) is 16.2 Å². The Balaban J connectivity index is 2.64. The molecular formula is C12H10BrNO3. The van der Waals surface area contributed by atoms with E-state index in [1.165, 1.54) is 0 Å². The lowest BCUT2D eigenvalue weighted by molar-refractivity contribution is 0.0696. The molecule has 0 amide bonds. The van der Waals surface area contributed by atoms with Gasteiger partial charge in [0.05, 0.1) is 5.69 Å². The monoisotopic (exact) mass is 295 g/mol. The molecule has 0 aliphatic rings. The van der Waals surface area contributed by atoms with Crippen LogP contribution < -0.4 is 0 Å². The molecule has 1 aromatic carbocycles. The standard InChI is InChI=1S/C12H10BrNO3/c1-2-9-10(12(15)16)11(17-14-9)7-5-3-4-6-8(7)13/h3-6H,2H2,1H3,(H,15,16). The molecule has 17 heavy (non-hydrogen) atoms. The SMILES string of the molecule is CCc1noc(-c2ccccc2Br)c1C(=O)O.